The normalized spacial score (nSPS) is 12.6. The van der Waals surface area contributed by atoms with E-state index >= 15 is 0 Å². The third kappa shape index (κ3) is 6.18. The summed E-state index contributed by atoms with van der Waals surface area (Å²) in [4.78, 5) is 0. The number of alkyl halides is 1. The maximum atomic E-state index is 12.2. The SMILES string of the molecule is CCC(CC)N(CCBr)S(=O)(=O)CCCOC. The molecule has 17 heavy (non-hydrogen) atoms. The fourth-order valence-corrected chi connectivity index (χ4v) is 4.29. The molecule has 0 spiro atoms. The second kappa shape index (κ2) is 9.30. The minimum Gasteiger partial charge on any atom is -0.385 e. The molecule has 0 N–H and O–H groups in total. The zero-order valence-electron chi connectivity index (χ0n) is 11.0. The molecule has 0 radical (unpaired) electrons. The first kappa shape index (κ1) is 17.4. The van der Waals surface area contributed by atoms with Gasteiger partial charge in [-0.1, -0.05) is 29.8 Å². The molecule has 0 heterocycles. The number of methoxy groups -OCH3 is 1. The van der Waals surface area contributed by atoms with Crippen molar-refractivity contribution in [3.05, 3.63) is 0 Å². The fraction of sp³-hybridized carbons (Fsp3) is 1.00. The van der Waals surface area contributed by atoms with Crippen molar-refractivity contribution in [3.8, 4) is 0 Å². The van der Waals surface area contributed by atoms with Crippen LogP contribution in [0.2, 0.25) is 0 Å². The number of nitrogens with zero attached hydrogens (tertiary/aromatic N) is 1. The number of rotatable bonds is 10. The minimum atomic E-state index is -3.16. The van der Waals surface area contributed by atoms with E-state index in [1.165, 1.54) is 0 Å². The van der Waals surface area contributed by atoms with Gasteiger partial charge < -0.3 is 4.74 Å². The summed E-state index contributed by atoms with van der Waals surface area (Å²) in [6, 6.07) is 0.111. The molecule has 0 atom stereocenters. The Morgan fingerprint density at radius 1 is 1.29 bits per heavy atom. The van der Waals surface area contributed by atoms with Gasteiger partial charge in [0.1, 0.15) is 0 Å². The molecule has 0 saturated heterocycles. The molecular weight excluding hydrogens is 306 g/mol. The van der Waals surface area contributed by atoms with Crippen molar-refractivity contribution >= 4 is 26.0 Å². The van der Waals surface area contributed by atoms with E-state index in [9.17, 15) is 8.42 Å². The van der Waals surface area contributed by atoms with Gasteiger partial charge in [-0.2, -0.15) is 4.31 Å². The zero-order chi connectivity index (χ0) is 13.3. The summed E-state index contributed by atoms with van der Waals surface area (Å²) in [6.45, 7) is 5.09. The lowest BCUT2D eigenvalue weighted by atomic mass is 10.2. The van der Waals surface area contributed by atoms with Crippen molar-refractivity contribution in [2.75, 3.05) is 31.3 Å². The summed E-state index contributed by atoms with van der Waals surface area (Å²) in [5.74, 6) is 0.171. The van der Waals surface area contributed by atoms with Crippen LogP contribution in [0.15, 0.2) is 0 Å². The minimum absolute atomic E-state index is 0.111. The van der Waals surface area contributed by atoms with Gasteiger partial charge >= 0.3 is 0 Å². The highest BCUT2D eigenvalue weighted by Gasteiger charge is 2.26. The van der Waals surface area contributed by atoms with Crippen molar-refractivity contribution in [1.29, 1.82) is 0 Å². The van der Waals surface area contributed by atoms with E-state index in [-0.39, 0.29) is 11.8 Å². The highest BCUT2D eigenvalue weighted by molar-refractivity contribution is 9.09. The van der Waals surface area contributed by atoms with Crippen LogP contribution in [-0.2, 0) is 14.8 Å². The van der Waals surface area contributed by atoms with Gasteiger partial charge in [0.05, 0.1) is 5.75 Å². The van der Waals surface area contributed by atoms with Crippen LogP contribution in [-0.4, -0.2) is 50.1 Å². The summed E-state index contributed by atoms with van der Waals surface area (Å²) < 4.78 is 30.9. The van der Waals surface area contributed by atoms with Crippen LogP contribution in [0.1, 0.15) is 33.1 Å². The van der Waals surface area contributed by atoms with Crippen LogP contribution in [0.4, 0.5) is 0 Å². The summed E-state index contributed by atoms with van der Waals surface area (Å²) in [7, 11) is -1.57. The Morgan fingerprint density at radius 3 is 2.29 bits per heavy atom. The van der Waals surface area contributed by atoms with Crippen LogP contribution >= 0.6 is 15.9 Å². The molecule has 0 aliphatic rings. The Kier molecular flexibility index (Phi) is 9.49. The van der Waals surface area contributed by atoms with E-state index in [1.807, 2.05) is 13.8 Å². The van der Waals surface area contributed by atoms with Gasteiger partial charge in [-0.05, 0) is 19.3 Å². The lowest BCUT2D eigenvalue weighted by Gasteiger charge is -2.29. The fourth-order valence-electron chi connectivity index (χ4n) is 1.83. The first-order valence-electron chi connectivity index (χ1n) is 6.07. The third-order valence-corrected chi connectivity index (χ3v) is 5.12. The predicted molar refractivity (Wildman–Crippen MR) is 75.1 cm³/mol. The first-order chi connectivity index (χ1) is 8.03. The standard InChI is InChI=1S/C11H24BrNO3S/c1-4-11(5-2)13(8-7-12)17(14,15)10-6-9-16-3/h11H,4-10H2,1-3H3. The highest BCUT2D eigenvalue weighted by atomic mass is 79.9. The van der Waals surface area contributed by atoms with Crippen molar-refractivity contribution in [3.63, 3.8) is 0 Å². The van der Waals surface area contributed by atoms with Gasteiger partial charge in [0, 0.05) is 31.6 Å². The van der Waals surface area contributed by atoms with Crippen molar-refractivity contribution in [1.82, 2.24) is 4.31 Å². The number of halogens is 1. The Labute approximate surface area is 114 Å². The summed E-state index contributed by atoms with van der Waals surface area (Å²) in [6.07, 6.45) is 2.26. The average molecular weight is 330 g/mol. The number of hydrogen-bond donors (Lipinski definition) is 0. The highest BCUT2D eigenvalue weighted by Crippen LogP contribution is 2.15. The Bertz CT molecular complexity index is 278. The second-order valence-electron chi connectivity index (χ2n) is 3.93. The van der Waals surface area contributed by atoms with Crippen molar-refractivity contribution in [2.24, 2.45) is 0 Å². The molecule has 0 aromatic carbocycles. The molecule has 0 bridgehead atoms. The van der Waals surface area contributed by atoms with Gasteiger partial charge in [0.15, 0.2) is 0 Å². The maximum Gasteiger partial charge on any atom is 0.214 e. The lowest BCUT2D eigenvalue weighted by molar-refractivity contribution is 0.199. The van der Waals surface area contributed by atoms with E-state index in [1.54, 1.807) is 11.4 Å². The van der Waals surface area contributed by atoms with Crippen LogP contribution in [0.5, 0.6) is 0 Å². The molecule has 0 saturated carbocycles. The number of hydrogen-bond acceptors (Lipinski definition) is 3. The number of ether oxygens (including phenoxy) is 1. The van der Waals surface area contributed by atoms with Crippen molar-refractivity contribution in [2.45, 2.75) is 39.2 Å². The molecule has 0 rings (SSSR count). The molecule has 0 amide bonds. The van der Waals surface area contributed by atoms with Gasteiger partial charge in [-0.15, -0.1) is 0 Å². The Morgan fingerprint density at radius 2 is 1.88 bits per heavy atom. The maximum absolute atomic E-state index is 12.2. The molecule has 0 fully saturated rings. The van der Waals surface area contributed by atoms with E-state index in [0.717, 1.165) is 12.8 Å². The molecule has 104 valence electrons. The smallest absolute Gasteiger partial charge is 0.214 e. The zero-order valence-corrected chi connectivity index (χ0v) is 13.4. The monoisotopic (exact) mass is 329 g/mol. The summed E-state index contributed by atoms with van der Waals surface area (Å²) in [5, 5.41) is 0.674. The quantitative estimate of drug-likeness (QED) is 0.456. The molecule has 0 aromatic heterocycles. The average Bonchev–Trinajstić information content (AvgIpc) is 2.29. The Hall–Kier alpha value is 0.350. The van der Waals surface area contributed by atoms with Gasteiger partial charge in [-0.25, -0.2) is 8.42 Å². The van der Waals surface area contributed by atoms with Crippen molar-refractivity contribution < 1.29 is 13.2 Å². The Balaban J connectivity index is 4.65. The van der Waals surface area contributed by atoms with E-state index < -0.39 is 10.0 Å². The van der Waals surface area contributed by atoms with E-state index in [0.29, 0.717) is 24.9 Å². The van der Waals surface area contributed by atoms with Crippen LogP contribution < -0.4 is 0 Å². The number of sulfonamides is 1. The second-order valence-corrected chi connectivity index (χ2v) is 6.77. The van der Waals surface area contributed by atoms with E-state index in [4.69, 9.17) is 4.74 Å². The largest absolute Gasteiger partial charge is 0.385 e. The van der Waals surface area contributed by atoms with E-state index in [2.05, 4.69) is 15.9 Å². The van der Waals surface area contributed by atoms with Gasteiger partial charge in [0.25, 0.3) is 0 Å². The lowest BCUT2D eigenvalue weighted by Crippen LogP contribution is -2.42. The van der Waals surface area contributed by atoms with Gasteiger partial charge in [-0.3, -0.25) is 0 Å². The molecule has 0 unspecified atom stereocenters. The summed E-state index contributed by atoms with van der Waals surface area (Å²) >= 11 is 3.32. The molecule has 0 aliphatic carbocycles. The van der Waals surface area contributed by atoms with Gasteiger partial charge in [0.2, 0.25) is 10.0 Å². The molecule has 0 aliphatic heterocycles. The summed E-state index contributed by atoms with van der Waals surface area (Å²) in [5.41, 5.74) is 0. The molecular formula is C11H24BrNO3S. The topological polar surface area (TPSA) is 46.6 Å². The molecule has 4 nitrogen and oxygen atoms in total. The predicted octanol–water partition coefficient (Wildman–Crippen LogP) is 2.24. The molecule has 6 heteroatoms. The first-order valence-corrected chi connectivity index (χ1v) is 8.80. The van der Waals surface area contributed by atoms with Crippen LogP contribution in [0.3, 0.4) is 0 Å². The third-order valence-electron chi connectivity index (χ3n) is 2.76. The van der Waals surface area contributed by atoms with Crippen LogP contribution in [0.25, 0.3) is 0 Å². The molecule has 0 aromatic rings. The van der Waals surface area contributed by atoms with Crippen LogP contribution in [0, 0.1) is 0 Å².